The van der Waals surface area contributed by atoms with Gasteiger partial charge >= 0.3 is 6.18 Å². The normalized spacial score (nSPS) is 14.1. The Hall–Kier alpha value is -1.49. The molecule has 2 rings (SSSR count). The third-order valence-electron chi connectivity index (χ3n) is 3.11. The van der Waals surface area contributed by atoms with Crippen LogP contribution in [0, 0.1) is 0 Å². The molecule has 0 amide bonds. The van der Waals surface area contributed by atoms with Crippen LogP contribution in [0.2, 0.25) is 0 Å². The van der Waals surface area contributed by atoms with Crippen molar-refractivity contribution in [2.75, 3.05) is 7.05 Å². The Morgan fingerprint density at radius 3 is 2.67 bits per heavy atom. The number of nitrogens with one attached hydrogen (secondary N) is 2. The first-order valence-electron chi connectivity index (χ1n) is 5.77. The molecule has 1 aromatic heterocycles. The van der Waals surface area contributed by atoms with Gasteiger partial charge in [-0.05, 0) is 38.1 Å². The summed E-state index contributed by atoms with van der Waals surface area (Å²) in [5.41, 5.74) is 0.655. The monoisotopic (exact) mass is 256 g/mol. The lowest BCUT2D eigenvalue weighted by Gasteiger charge is -2.12. The number of aromatic amines is 1. The Labute approximate surface area is 103 Å². The number of likely N-dealkylation sites (N-methyl/N-ethyl adjacent to an activating group) is 1. The second kappa shape index (κ2) is 4.65. The second-order valence-corrected chi connectivity index (χ2v) is 4.43. The fraction of sp³-hybridized carbons (Fsp3) is 0.385. The van der Waals surface area contributed by atoms with Gasteiger partial charge in [0.25, 0.3) is 0 Å². The zero-order valence-electron chi connectivity index (χ0n) is 10.2. The highest BCUT2D eigenvalue weighted by atomic mass is 19.4. The molecule has 0 bridgehead atoms. The summed E-state index contributed by atoms with van der Waals surface area (Å²) in [5, 5.41) is 3.32. The lowest BCUT2D eigenvalue weighted by molar-refractivity contribution is -0.136. The summed E-state index contributed by atoms with van der Waals surface area (Å²) in [6.45, 7) is 1.94. The molecule has 0 aliphatic heterocycles. The van der Waals surface area contributed by atoms with E-state index in [9.17, 15) is 13.2 Å². The topological polar surface area (TPSA) is 27.8 Å². The largest absolute Gasteiger partial charge is 0.417 e. The van der Waals surface area contributed by atoms with Gasteiger partial charge in [-0.25, -0.2) is 0 Å². The van der Waals surface area contributed by atoms with Gasteiger partial charge < -0.3 is 10.3 Å². The molecule has 1 atom stereocenters. The van der Waals surface area contributed by atoms with Gasteiger partial charge in [-0.1, -0.05) is 6.07 Å². The van der Waals surface area contributed by atoms with Crippen molar-refractivity contribution < 1.29 is 13.2 Å². The van der Waals surface area contributed by atoms with Crippen LogP contribution in [0.25, 0.3) is 10.9 Å². The Morgan fingerprint density at radius 1 is 1.33 bits per heavy atom. The molecular formula is C13H15F3N2. The molecule has 0 saturated heterocycles. The third kappa shape index (κ3) is 2.36. The summed E-state index contributed by atoms with van der Waals surface area (Å²) in [5.74, 6) is 0. The first kappa shape index (κ1) is 13.0. The molecule has 5 heteroatoms. The van der Waals surface area contributed by atoms with Crippen LogP contribution in [-0.2, 0) is 12.6 Å². The van der Waals surface area contributed by atoms with Crippen molar-refractivity contribution in [2.45, 2.75) is 25.6 Å². The lowest BCUT2D eigenvalue weighted by Crippen LogP contribution is -2.23. The molecule has 0 spiro atoms. The third-order valence-corrected chi connectivity index (χ3v) is 3.11. The van der Waals surface area contributed by atoms with E-state index in [0.29, 0.717) is 17.5 Å². The van der Waals surface area contributed by atoms with Gasteiger partial charge in [0.1, 0.15) is 0 Å². The highest BCUT2D eigenvalue weighted by molar-refractivity contribution is 5.87. The molecule has 18 heavy (non-hydrogen) atoms. The van der Waals surface area contributed by atoms with E-state index in [1.165, 1.54) is 6.07 Å². The van der Waals surface area contributed by atoms with E-state index in [4.69, 9.17) is 0 Å². The molecule has 0 aliphatic rings. The number of aromatic nitrogens is 1. The summed E-state index contributed by atoms with van der Waals surface area (Å²) in [4.78, 5) is 2.90. The van der Waals surface area contributed by atoms with Crippen LogP contribution >= 0.6 is 0 Å². The molecule has 1 heterocycles. The zero-order chi connectivity index (χ0) is 13.3. The van der Waals surface area contributed by atoms with Crippen molar-refractivity contribution in [1.82, 2.24) is 10.3 Å². The minimum Gasteiger partial charge on any atom is -0.361 e. The van der Waals surface area contributed by atoms with E-state index in [1.54, 1.807) is 19.3 Å². The molecule has 1 aromatic carbocycles. The molecule has 0 radical (unpaired) electrons. The molecule has 2 N–H and O–H groups in total. The summed E-state index contributed by atoms with van der Waals surface area (Å²) in [6, 6.07) is 4.35. The predicted molar refractivity (Wildman–Crippen MR) is 65.5 cm³/mol. The average molecular weight is 256 g/mol. The number of halogens is 3. The van der Waals surface area contributed by atoms with E-state index in [1.807, 2.05) is 6.92 Å². The maximum absolute atomic E-state index is 13.0. The Bertz CT molecular complexity index is 543. The van der Waals surface area contributed by atoms with E-state index in [0.717, 1.165) is 6.07 Å². The smallest absolute Gasteiger partial charge is 0.361 e. The molecule has 1 unspecified atom stereocenters. The molecule has 2 aromatic rings. The van der Waals surface area contributed by atoms with Crippen LogP contribution in [0.4, 0.5) is 13.2 Å². The van der Waals surface area contributed by atoms with Crippen LogP contribution in [0.1, 0.15) is 18.1 Å². The highest BCUT2D eigenvalue weighted by Gasteiger charge is 2.33. The number of H-pyrrole nitrogens is 1. The number of alkyl halides is 3. The van der Waals surface area contributed by atoms with Crippen molar-refractivity contribution in [1.29, 1.82) is 0 Å². The first-order chi connectivity index (χ1) is 8.43. The second-order valence-electron chi connectivity index (χ2n) is 4.43. The van der Waals surface area contributed by atoms with E-state index < -0.39 is 11.7 Å². The van der Waals surface area contributed by atoms with Gasteiger partial charge in [-0.15, -0.1) is 0 Å². The summed E-state index contributed by atoms with van der Waals surface area (Å²) in [6.07, 6.45) is -2.10. The fourth-order valence-electron chi connectivity index (χ4n) is 2.08. The molecule has 0 fully saturated rings. The van der Waals surface area contributed by atoms with Gasteiger partial charge in [-0.3, -0.25) is 0 Å². The van der Waals surface area contributed by atoms with Crippen molar-refractivity contribution in [3.05, 3.63) is 35.5 Å². The van der Waals surface area contributed by atoms with E-state index >= 15 is 0 Å². The van der Waals surface area contributed by atoms with Crippen molar-refractivity contribution >= 4 is 10.9 Å². The maximum Gasteiger partial charge on any atom is 0.417 e. The Kier molecular flexibility index (Phi) is 3.34. The Morgan fingerprint density at radius 2 is 2.06 bits per heavy atom. The molecule has 0 saturated carbocycles. The van der Waals surface area contributed by atoms with Gasteiger partial charge in [0.2, 0.25) is 0 Å². The quantitative estimate of drug-likeness (QED) is 0.866. The molecule has 2 nitrogen and oxygen atoms in total. The highest BCUT2D eigenvalue weighted by Crippen LogP contribution is 2.36. The van der Waals surface area contributed by atoms with E-state index in [2.05, 4.69) is 10.3 Å². The van der Waals surface area contributed by atoms with Crippen LogP contribution in [0.3, 0.4) is 0 Å². The van der Waals surface area contributed by atoms with Crippen molar-refractivity contribution in [3.8, 4) is 0 Å². The Balaban J connectivity index is 2.55. The molecule has 98 valence electrons. The van der Waals surface area contributed by atoms with Crippen LogP contribution < -0.4 is 5.32 Å². The first-order valence-corrected chi connectivity index (χ1v) is 5.77. The number of fused-ring (bicyclic) bond motifs is 1. The fourth-order valence-corrected chi connectivity index (χ4v) is 2.08. The van der Waals surface area contributed by atoms with Gasteiger partial charge in [0.05, 0.1) is 5.56 Å². The SMILES string of the molecule is CNC(C)Cc1c[nH]c2cccc(C(F)(F)F)c12. The standard InChI is InChI=1S/C13H15F3N2/c1-8(17-2)6-9-7-18-11-5-3-4-10(12(9)11)13(14,15)16/h3-5,7-8,17-18H,6H2,1-2H3. The number of benzene rings is 1. The van der Waals surface area contributed by atoms with Gasteiger partial charge in [-0.2, -0.15) is 13.2 Å². The average Bonchev–Trinajstić information content (AvgIpc) is 2.71. The molecular weight excluding hydrogens is 241 g/mol. The van der Waals surface area contributed by atoms with Gasteiger partial charge in [0, 0.05) is 23.1 Å². The van der Waals surface area contributed by atoms with Crippen molar-refractivity contribution in [2.24, 2.45) is 0 Å². The van der Waals surface area contributed by atoms with Gasteiger partial charge in [0.15, 0.2) is 0 Å². The summed E-state index contributed by atoms with van der Waals surface area (Å²) < 4.78 is 38.9. The summed E-state index contributed by atoms with van der Waals surface area (Å²) in [7, 11) is 1.80. The maximum atomic E-state index is 13.0. The lowest BCUT2D eigenvalue weighted by atomic mass is 10.0. The number of hydrogen-bond donors (Lipinski definition) is 2. The predicted octanol–water partition coefficient (Wildman–Crippen LogP) is 3.34. The van der Waals surface area contributed by atoms with Crippen molar-refractivity contribution in [3.63, 3.8) is 0 Å². The van der Waals surface area contributed by atoms with Crippen LogP contribution in [-0.4, -0.2) is 18.1 Å². The van der Waals surface area contributed by atoms with E-state index in [-0.39, 0.29) is 11.4 Å². The number of rotatable bonds is 3. The zero-order valence-corrected chi connectivity index (χ0v) is 10.2. The summed E-state index contributed by atoms with van der Waals surface area (Å²) >= 11 is 0. The number of hydrogen-bond acceptors (Lipinski definition) is 1. The van der Waals surface area contributed by atoms with Crippen LogP contribution in [0.5, 0.6) is 0 Å². The molecule has 0 aliphatic carbocycles. The minimum atomic E-state index is -4.32. The van der Waals surface area contributed by atoms with Crippen LogP contribution in [0.15, 0.2) is 24.4 Å². The minimum absolute atomic E-state index is 0.130.